The maximum Gasteiger partial charge on any atom is 0.363 e. The first-order valence-corrected chi connectivity index (χ1v) is 8.63. The van der Waals surface area contributed by atoms with Gasteiger partial charge in [-0.3, -0.25) is 0 Å². The topological polar surface area (TPSA) is 57.1 Å². The number of cyclic esters (lactones) is 1. The lowest BCUT2D eigenvalue weighted by Gasteiger charge is -2.07. The molecule has 1 aliphatic rings. The van der Waals surface area contributed by atoms with Crippen LogP contribution < -0.4 is 9.47 Å². The van der Waals surface area contributed by atoms with Crippen molar-refractivity contribution in [2.45, 2.75) is 0 Å². The molecule has 0 aliphatic carbocycles. The summed E-state index contributed by atoms with van der Waals surface area (Å²) < 4.78 is 15.7. The van der Waals surface area contributed by atoms with Crippen LogP contribution >= 0.6 is 23.2 Å². The number of methoxy groups -OCH3 is 2. The van der Waals surface area contributed by atoms with Gasteiger partial charge in [-0.25, -0.2) is 9.79 Å². The number of hydrogen-bond donors (Lipinski definition) is 0. The van der Waals surface area contributed by atoms with Gasteiger partial charge in [-0.1, -0.05) is 29.3 Å². The molecule has 0 bridgehead atoms. The average molecular weight is 404 g/mol. The number of carbonyl (C=O) groups excluding carboxylic acids is 1. The van der Waals surface area contributed by atoms with Crippen LogP contribution in [0.4, 0.5) is 0 Å². The minimum atomic E-state index is -0.547. The van der Waals surface area contributed by atoms with Gasteiger partial charge in [0.2, 0.25) is 5.90 Å². The molecule has 0 atom stereocenters. The highest BCUT2D eigenvalue weighted by atomic mass is 35.5. The Hall–Kier alpha value is -2.76. The molecule has 0 spiro atoms. The Balaban J connectivity index is 1.86. The molecule has 2 aromatic carbocycles. The Kier molecular flexibility index (Phi) is 5.84. The molecule has 1 heterocycles. The number of carbonyl (C=O) groups is 1. The molecule has 0 aromatic heterocycles. The number of esters is 1. The van der Waals surface area contributed by atoms with E-state index in [2.05, 4.69) is 4.99 Å². The second-order valence-electron chi connectivity index (χ2n) is 5.48. The van der Waals surface area contributed by atoms with E-state index in [1.165, 1.54) is 7.11 Å². The molecule has 0 saturated carbocycles. The highest BCUT2D eigenvalue weighted by molar-refractivity contribution is 6.35. The maximum absolute atomic E-state index is 12.1. The van der Waals surface area contributed by atoms with E-state index < -0.39 is 5.97 Å². The van der Waals surface area contributed by atoms with E-state index in [-0.39, 0.29) is 11.6 Å². The number of rotatable bonds is 5. The number of aliphatic imine (C=N–C) groups is 1. The van der Waals surface area contributed by atoms with Crippen molar-refractivity contribution in [2.75, 3.05) is 14.2 Å². The Morgan fingerprint density at radius 1 is 1.00 bits per heavy atom. The third kappa shape index (κ3) is 4.51. The molecule has 3 rings (SSSR count). The fraction of sp³-hybridized carbons (Fsp3) is 0.100. The van der Waals surface area contributed by atoms with Gasteiger partial charge in [0.05, 0.1) is 14.2 Å². The predicted molar refractivity (Wildman–Crippen MR) is 107 cm³/mol. The summed E-state index contributed by atoms with van der Waals surface area (Å²) in [6, 6.07) is 10.4. The van der Waals surface area contributed by atoms with E-state index in [9.17, 15) is 4.79 Å². The van der Waals surface area contributed by atoms with E-state index >= 15 is 0 Å². The molecule has 2 aromatic rings. The largest absolute Gasteiger partial charge is 0.497 e. The molecule has 7 heteroatoms. The zero-order valence-electron chi connectivity index (χ0n) is 14.5. The molecule has 0 saturated heterocycles. The van der Waals surface area contributed by atoms with Gasteiger partial charge in [-0.05, 0) is 42.0 Å². The Labute approximate surface area is 166 Å². The van der Waals surface area contributed by atoms with Gasteiger partial charge in [0.1, 0.15) is 11.5 Å². The van der Waals surface area contributed by atoms with Crippen LogP contribution in [0.3, 0.4) is 0 Å². The Bertz CT molecular complexity index is 980. The maximum atomic E-state index is 12.1. The van der Waals surface area contributed by atoms with E-state index in [1.54, 1.807) is 61.7 Å². The summed E-state index contributed by atoms with van der Waals surface area (Å²) in [7, 11) is 3.11. The van der Waals surface area contributed by atoms with Crippen LogP contribution in [-0.4, -0.2) is 26.1 Å². The van der Waals surface area contributed by atoms with Crippen molar-refractivity contribution in [2.24, 2.45) is 4.99 Å². The number of nitrogens with zero attached hydrogens (tertiary/aromatic N) is 1. The fourth-order valence-corrected chi connectivity index (χ4v) is 2.85. The summed E-state index contributed by atoms with van der Waals surface area (Å²) in [6.07, 6.45) is 4.86. The normalized spacial score (nSPS) is 15.2. The third-order valence-electron chi connectivity index (χ3n) is 3.74. The number of benzene rings is 2. The lowest BCUT2D eigenvalue weighted by atomic mass is 10.1. The highest BCUT2D eigenvalue weighted by Gasteiger charge is 2.22. The molecule has 5 nitrogen and oxygen atoms in total. The summed E-state index contributed by atoms with van der Waals surface area (Å²) in [6.45, 7) is 0. The summed E-state index contributed by atoms with van der Waals surface area (Å²) in [5.74, 6) is 0.830. The van der Waals surface area contributed by atoms with Gasteiger partial charge in [-0.15, -0.1) is 0 Å². The molecule has 138 valence electrons. The van der Waals surface area contributed by atoms with Crippen molar-refractivity contribution >= 4 is 47.2 Å². The minimum Gasteiger partial charge on any atom is -0.497 e. The van der Waals surface area contributed by atoms with Crippen molar-refractivity contribution < 1.29 is 19.0 Å². The highest BCUT2D eigenvalue weighted by Crippen LogP contribution is 2.28. The van der Waals surface area contributed by atoms with Crippen LogP contribution in [0.5, 0.6) is 11.5 Å². The first-order chi connectivity index (χ1) is 13.0. The van der Waals surface area contributed by atoms with Crippen LogP contribution in [0.2, 0.25) is 10.0 Å². The van der Waals surface area contributed by atoms with Crippen molar-refractivity contribution in [1.29, 1.82) is 0 Å². The van der Waals surface area contributed by atoms with E-state index in [4.69, 9.17) is 37.4 Å². The number of hydrogen-bond acceptors (Lipinski definition) is 5. The fourth-order valence-electron chi connectivity index (χ4n) is 2.38. The van der Waals surface area contributed by atoms with Crippen LogP contribution in [0.1, 0.15) is 11.1 Å². The SMILES string of the molecule is COc1ccc(/C=C2N=C(/C=C/c3ccc(Cl)cc3Cl)OC/2=O)c(OC)c1. The standard InChI is InChI=1S/C20H15Cl2NO4/c1-25-15-7-4-13(18(11-15)26-2)9-17-20(24)27-19(23-17)8-5-12-3-6-14(21)10-16(12)22/h3-11H,1-2H3/b8-5+,17-9+. The Morgan fingerprint density at radius 2 is 1.78 bits per heavy atom. The molecule has 0 radical (unpaired) electrons. The van der Waals surface area contributed by atoms with Crippen LogP contribution in [-0.2, 0) is 9.53 Å². The quantitative estimate of drug-likeness (QED) is 0.519. The smallest absolute Gasteiger partial charge is 0.363 e. The minimum absolute atomic E-state index is 0.167. The monoisotopic (exact) mass is 403 g/mol. The molecule has 0 unspecified atom stereocenters. The first kappa shape index (κ1) is 19.0. The summed E-state index contributed by atoms with van der Waals surface area (Å²) in [5.41, 5.74) is 1.58. The lowest BCUT2D eigenvalue weighted by molar-refractivity contribution is -0.129. The average Bonchev–Trinajstić information content (AvgIpc) is 3.00. The van der Waals surface area contributed by atoms with Gasteiger partial charge in [-0.2, -0.15) is 0 Å². The molecule has 27 heavy (non-hydrogen) atoms. The summed E-state index contributed by atoms with van der Waals surface area (Å²) in [4.78, 5) is 16.3. The van der Waals surface area contributed by atoms with Gasteiger partial charge >= 0.3 is 5.97 Å². The van der Waals surface area contributed by atoms with Gasteiger partial charge in [0.15, 0.2) is 5.70 Å². The zero-order valence-corrected chi connectivity index (χ0v) is 16.0. The lowest BCUT2D eigenvalue weighted by Crippen LogP contribution is -2.01. The van der Waals surface area contributed by atoms with Crippen molar-refractivity contribution in [3.05, 3.63) is 69.3 Å². The van der Waals surface area contributed by atoms with Crippen LogP contribution in [0.25, 0.3) is 12.2 Å². The van der Waals surface area contributed by atoms with Crippen molar-refractivity contribution in [3.63, 3.8) is 0 Å². The van der Waals surface area contributed by atoms with Crippen molar-refractivity contribution in [3.8, 4) is 11.5 Å². The van der Waals surface area contributed by atoms with Gasteiger partial charge < -0.3 is 14.2 Å². The van der Waals surface area contributed by atoms with Gasteiger partial charge in [0, 0.05) is 27.8 Å². The number of ether oxygens (including phenoxy) is 3. The summed E-state index contributed by atoms with van der Waals surface area (Å²) in [5, 5.41) is 1.03. The molecular formula is C20H15Cl2NO4. The third-order valence-corrected chi connectivity index (χ3v) is 4.30. The molecule has 0 fully saturated rings. The van der Waals surface area contributed by atoms with E-state index in [0.29, 0.717) is 27.1 Å². The molecular weight excluding hydrogens is 389 g/mol. The summed E-state index contributed by atoms with van der Waals surface area (Å²) >= 11 is 12.0. The van der Waals surface area contributed by atoms with E-state index in [0.717, 1.165) is 5.56 Å². The molecule has 0 amide bonds. The Morgan fingerprint density at radius 3 is 2.48 bits per heavy atom. The second kappa shape index (κ2) is 8.29. The number of halogens is 2. The predicted octanol–water partition coefficient (Wildman–Crippen LogP) is 5.02. The van der Waals surface area contributed by atoms with E-state index in [1.807, 2.05) is 0 Å². The molecule has 0 N–H and O–H groups in total. The zero-order chi connectivity index (χ0) is 19.4. The first-order valence-electron chi connectivity index (χ1n) is 7.88. The van der Waals surface area contributed by atoms with Crippen LogP contribution in [0, 0.1) is 0 Å². The molecule has 1 aliphatic heterocycles. The van der Waals surface area contributed by atoms with Gasteiger partial charge in [0.25, 0.3) is 0 Å². The second-order valence-corrected chi connectivity index (χ2v) is 6.32. The van der Waals surface area contributed by atoms with Crippen LogP contribution in [0.15, 0.2) is 53.2 Å². The van der Waals surface area contributed by atoms with Crippen molar-refractivity contribution in [1.82, 2.24) is 0 Å².